The van der Waals surface area contributed by atoms with E-state index >= 15 is 0 Å². The number of nitrogens with zero attached hydrogens (tertiary/aromatic N) is 3. The van der Waals surface area contributed by atoms with Gasteiger partial charge in [0.2, 0.25) is 11.9 Å². The summed E-state index contributed by atoms with van der Waals surface area (Å²) in [4.78, 5) is 45.6. The van der Waals surface area contributed by atoms with E-state index in [1.165, 1.54) is 12.4 Å². The molecule has 3 aromatic carbocycles. The van der Waals surface area contributed by atoms with Crippen molar-refractivity contribution in [3.63, 3.8) is 0 Å². The van der Waals surface area contributed by atoms with E-state index in [-0.39, 0.29) is 23.5 Å². The fourth-order valence-corrected chi connectivity index (χ4v) is 4.50. The number of carbonyl (C=O) groups excluding carboxylic acids is 2. The van der Waals surface area contributed by atoms with Crippen molar-refractivity contribution in [2.75, 3.05) is 5.32 Å². The number of hydrogen-bond acceptors (Lipinski definition) is 5. The third kappa shape index (κ3) is 5.12. The number of nitrogens with one attached hydrogen (secondary N) is 4. The molecule has 2 amide bonds. The number of anilines is 1. The zero-order valence-corrected chi connectivity index (χ0v) is 20.8. The second-order valence-electron chi connectivity index (χ2n) is 9.14. The molecule has 3 heterocycles. The Hall–Kier alpha value is -5.45. The Balaban J connectivity index is 1.31. The molecule has 1 unspecified atom stereocenters. The summed E-state index contributed by atoms with van der Waals surface area (Å²) < 4.78 is 27.7. The molecule has 0 radical (unpaired) electrons. The van der Waals surface area contributed by atoms with Gasteiger partial charge in [-0.05, 0) is 41.3 Å². The van der Waals surface area contributed by atoms with Crippen molar-refractivity contribution in [2.45, 2.75) is 12.5 Å². The summed E-state index contributed by atoms with van der Waals surface area (Å²) in [5, 5.41) is 7.24. The molecule has 0 fully saturated rings. The van der Waals surface area contributed by atoms with Gasteiger partial charge in [0.15, 0.2) is 5.82 Å². The molecule has 0 saturated heterocycles. The molecule has 11 heteroatoms. The Morgan fingerprint density at radius 3 is 2.50 bits per heavy atom. The van der Waals surface area contributed by atoms with Crippen molar-refractivity contribution in [2.24, 2.45) is 0 Å². The van der Waals surface area contributed by atoms with Gasteiger partial charge < -0.3 is 15.3 Å². The molecule has 6 rings (SSSR count). The number of fused-ring (bicyclic) bond motifs is 2. The summed E-state index contributed by atoms with van der Waals surface area (Å²) in [5.41, 5.74) is 1.99. The van der Waals surface area contributed by atoms with Gasteiger partial charge in [-0.25, -0.2) is 18.7 Å². The Kier molecular flexibility index (Phi) is 6.44. The molecule has 1 atom stereocenters. The highest BCUT2D eigenvalue weighted by atomic mass is 19.1. The van der Waals surface area contributed by atoms with Gasteiger partial charge in [-0.3, -0.25) is 19.9 Å². The highest BCUT2D eigenvalue weighted by molar-refractivity contribution is 6.07. The van der Waals surface area contributed by atoms with Crippen LogP contribution < -0.4 is 10.6 Å². The molecule has 6 aromatic rings. The van der Waals surface area contributed by atoms with E-state index in [0.29, 0.717) is 22.6 Å². The van der Waals surface area contributed by atoms with Gasteiger partial charge in [-0.2, -0.15) is 0 Å². The van der Waals surface area contributed by atoms with E-state index < -0.39 is 29.5 Å². The first-order valence-electron chi connectivity index (χ1n) is 12.3. The number of aromatic nitrogens is 5. The van der Waals surface area contributed by atoms with Crippen LogP contribution in [0.1, 0.15) is 15.9 Å². The van der Waals surface area contributed by atoms with Crippen LogP contribution in [0, 0.1) is 11.6 Å². The lowest BCUT2D eigenvalue weighted by Gasteiger charge is -2.18. The number of rotatable bonds is 7. The summed E-state index contributed by atoms with van der Waals surface area (Å²) in [6, 6.07) is 16.5. The van der Waals surface area contributed by atoms with Gasteiger partial charge in [0.25, 0.3) is 5.91 Å². The summed E-state index contributed by atoms with van der Waals surface area (Å²) in [6.07, 6.45) is 4.55. The minimum atomic E-state index is -1.19. The fraction of sp³-hybridized carbons (Fsp3) is 0.0690. The second kappa shape index (κ2) is 10.4. The first-order chi connectivity index (χ1) is 19.4. The molecule has 3 aromatic heterocycles. The standard InChI is InChI=1S/C29H21F2N7O2/c30-19-10-16(11-20(31)14-19)12-24(28(40)38-29-32-8-9-33-29)36-27(39)21-6-3-7-22-25(21)37-26(35-22)23-13-17-4-1-2-5-18(17)15-34-23/h1-11,13-15,24H,12H2,(H,35,37)(H,36,39)(H2,32,33,38,40). The highest BCUT2D eigenvalue weighted by Crippen LogP contribution is 2.24. The van der Waals surface area contributed by atoms with Crippen LogP contribution in [0.15, 0.2) is 85.3 Å². The molecular formula is C29H21F2N7O2. The number of carbonyl (C=O) groups is 2. The summed E-state index contributed by atoms with van der Waals surface area (Å²) in [6.45, 7) is 0. The molecule has 198 valence electrons. The number of halogens is 2. The van der Waals surface area contributed by atoms with E-state index in [9.17, 15) is 18.4 Å². The number of benzene rings is 3. The maximum Gasteiger partial charge on any atom is 0.254 e. The normalized spacial score (nSPS) is 11.9. The molecule has 0 aliphatic rings. The maximum absolute atomic E-state index is 13.9. The number of imidazole rings is 2. The smallest absolute Gasteiger partial charge is 0.254 e. The maximum atomic E-state index is 13.9. The predicted molar refractivity (Wildman–Crippen MR) is 145 cm³/mol. The average molecular weight is 538 g/mol. The van der Waals surface area contributed by atoms with Crippen LogP contribution in [0.3, 0.4) is 0 Å². The van der Waals surface area contributed by atoms with Gasteiger partial charge >= 0.3 is 0 Å². The van der Waals surface area contributed by atoms with E-state index in [0.717, 1.165) is 29.0 Å². The number of aromatic amines is 2. The monoisotopic (exact) mass is 537 g/mol. The lowest BCUT2D eigenvalue weighted by molar-refractivity contribution is -0.118. The Labute approximate surface area is 225 Å². The largest absolute Gasteiger partial charge is 0.340 e. The van der Waals surface area contributed by atoms with Crippen molar-refractivity contribution in [3.05, 3.63) is 108 Å². The van der Waals surface area contributed by atoms with Crippen LogP contribution >= 0.6 is 0 Å². The fourth-order valence-electron chi connectivity index (χ4n) is 4.50. The van der Waals surface area contributed by atoms with Crippen molar-refractivity contribution >= 4 is 39.6 Å². The van der Waals surface area contributed by atoms with Gasteiger partial charge in [-0.1, -0.05) is 30.3 Å². The van der Waals surface area contributed by atoms with Crippen LogP contribution in [-0.2, 0) is 11.2 Å². The number of para-hydroxylation sites is 1. The Morgan fingerprint density at radius 2 is 1.73 bits per heavy atom. The summed E-state index contributed by atoms with van der Waals surface area (Å²) in [5.74, 6) is -2.15. The number of hydrogen-bond donors (Lipinski definition) is 4. The molecule has 0 bridgehead atoms. The van der Waals surface area contributed by atoms with E-state index in [1.807, 2.05) is 30.3 Å². The van der Waals surface area contributed by atoms with Crippen molar-refractivity contribution in [3.8, 4) is 11.5 Å². The third-order valence-electron chi connectivity index (χ3n) is 6.35. The van der Waals surface area contributed by atoms with E-state index in [1.54, 1.807) is 24.4 Å². The molecule has 0 saturated carbocycles. The van der Waals surface area contributed by atoms with Crippen LogP contribution in [0.5, 0.6) is 0 Å². The zero-order valence-electron chi connectivity index (χ0n) is 20.8. The van der Waals surface area contributed by atoms with Crippen molar-refractivity contribution in [1.29, 1.82) is 0 Å². The van der Waals surface area contributed by atoms with Gasteiger partial charge in [0, 0.05) is 36.5 Å². The first kappa shape index (κ1) is 24.9. The van der Waals surface area contributed by atoms with Crippen LogP contribution in [-0.4, -0.2) is 42.8 Å². The Bertz CT molecular complexity index is 1850. The zero-order chi connectivity index (χ0) is 27.6. The lowest BCUT2D eigenvalue weighted by Crippen LogP contribution is -2.45. The predicted octanol–water partition coefficient (Wildman–Crippen LogP) is 4.76. The molecule has 40 heavy (non-hydrogen) atoms. The van der Waals surface area contributed by atoms with Crippen molar-refractivity contribution < 1.29 is 18.4 Å². The van der Waals surface area contributed by atoms with Gasteiger partial charge in [-0.15, -0.1) is 0 Å². The molecule has 9 nitrogen and oxygen atoms in total. The molecule has 4 N–H and O–H groups in total. The SMILES string of the molecule is O=C(NC(Cc1cc(F)cc(F)c1)C(=O)Nc1ncc[nH]1)c1cccc2[nH]c(-c3cc4ccccc4cn3)nc12. The third-order valence-corrected chi connectivity index (χ3v) is 6.35. The molecular weight excluding hydrogens is 516 g/mol. The average Bonchev–Trinajstić information content (AvgIpc) is 3.61. The lowest BCUT2D eigenvalue weighted by atomic mass is 10.0. The number of amides is 2. The minimum absolute atomic E-state index is 0.164. The minimum Gasteiger partial charge on any atom is -0.340 e. The van der Waals surface area contributed by atoms with E-state index in [4.69, 9.17) is 0 Å². The van der Waals surface area contributed by atoms with Crippen LogP contribution in [0.4, 0.5) is 14.7 Å². The number of H-pyrrole nitrogens is 2. The highest BCUT2D eigenvalue weighted by Gasteiger charge is 2.25. The Morgan fingerprint density at radius 1 is 0.925 bits per heavy atom. The van der Waals surface area contributed by atoms with Gasteiger partial charge in [0.1, 0.15) is 28.9 Å². The molecule has 0 aliphatic heterocycles. The molecule has 0 spiro atoms. The van der Waals surface area contributed by atoms with Crippen molar-refractivity contribution in [1.82, 2.24) is 30.2 Å². The topological polar surface area (TPSA) is 128 Å². The molecule has 0 aliphatic carbocycles. The quantitative estimate of drug-likeness (QED) is 0.234. The first-order valence-corrected chi connectivity index (χ1v) is 12.3. The van der Waals surface area contributed by atoms with Crippen LogP contribution in [0.25, 0.3) is 33.3 Å². The summed E-state index contributed by atoms with van der Waals surface area (Å²) in [7, 11) is 0. The van der Waals surface area contributed by atoms with Gasteiger partial charge in [0.05, 0.1) is 11.1 Å². The van der Waals surface area contributed by atoms with E-state index in [2.05, 4.69) is 35.6 Å². The summed E-state index contributed by atoms with van der Waals surface area (Å²) >= 11 is 0. The number of pyridine rings is 1. The second-order valence-corrected chi connectivity index (χ2v) is 9.14. The van der Waals surface area contributed by atoms with Crippen LogP contribution in [0.2, 0.25) is 0 Å².